The van der Waals surface area contributed by atoms with Crippen molar-refractivity contribution < 1.29 is 22.8 Å². The summed E-state index contributed by atoms with van der Waals surface area (Å²) in [6.45, 7) is 1.89. The molecule has 2 N–H and O–H groups in total. The molecule has 0 fully saturated rings. The molecule has 4 aromatic rings. The number of carbonyl (C=O) groups is 2. The average molecular weight is 555 g/mol. The number of benzene rings is 4. The fourth-order valence-electron chi connectivity index (χ4n) is 3.73. The lowest BCUT2D eigenvalue weighted by atomic mass is 10.1. The Hall–Kier alpha value is -3.75. The molecule has 4 rings (SSSR count). The molecule has 38 heavy (non-hydrogen) atoms. The maximum absolute atomic E-state index is 13.6. The third kappa shape index (κ3) is 6.96. The SMILES string of the molecule is Cc1cccc(C(=O)Nc2cccc(SC(C(=O)Nc3ccc(Cl)cc3C(F)(F)F)c3ccccc3)c2)c1. The largest absolute Gasteiger partial charge is 0.418 e. The smallest absolute Gasteiger partial charge is 0.324 e. The highest BCUT2D eigenvalue weighted by Crippen LogP contribution is 2.40. The van der Waals surface area contributed by atoms with E-state index in [9.17, 15) is 22.8 Å². The van der Waals surface area contributed by atoms with Gasteiger partial charge in [0.25, 0.3) is 5.91 Å². The second-order valence-corrected chi connectivity index (χ2v) is 10.1. The van der Waals surface area contributed by atoms with Crippen molar-refractivity contribution in [3.63, 3.8) is 0 Å². The fourth-order valence-corrected chi connectivity index (χ4v) is 4.99. The number of aryl methyl sites for hydroxylation is 1. The molecule has 0 bridgehead atoms. The van der Waals surface area contributed by atoms with Crippen LogP contribution in [0.15, 0.2) is 102 Å². The van der Waals surface area contributed by atoms with Crippen molar-refractivity contribution in [3.8, 4) is 0 Å². The minimum absolute atomic E-state index is 0.0890. The maximum Gasteiger partial charge on any atom is 0.418 e. The molecule has 0 aliphatic heterocycles. The van der Waals surface area contributed by atoms with Crippen LogP contribution in [-0.4, -0.2) is 11.8 Å². The number of halogens is 4. The van der Waals surface area contributed by atoms with Crippen molar-refractivity contribution in [1.82, 2.24) is 0 Å². The molecule has 4 nitrogen and oxygen atoms in total. The van der Waals surface area contributed by atoms with Crippen molar-refractivity contribution in [2.45, 2.75) is 23.2 Å². The van der Waals surface area contributed by atoms with E-state index in [-0.39, 0.29) is 16.6 Å². The normalized spacial score (nSPS) is 12.0. The van der Waals surface area contributed by atoms with Gasteiger partial charge in [-0.25, -0.2) is 0 Å². The minimum Gasteiger partial charge on any atom is -0.324 e. The van der Waals surface area contributed by atoms with E-state index in [2.05, 4.69) is 10.6 Å². The number of carbonyl (C=O) groups excluding carboxylic acids is 2. The van der Waals surface area contributed by atoms with E-state index in [1.165, 1.54) is 6.07 Å². The Morgan fingerprint density at radius 2 is 1.58 bits per heavy atom. The van der Waals surface area contributed by atoms with Crippen molar-refractivity contribution in [2.75, 3.05) is 10.6 Å². The van der Waals surface area contributed by atoms with Gasteiger partial charge in [-0.1, -0.05) is 65.7 Å². The molecule has 0 aromatic heterocycles. The average Bonchev–Trinajstić information content (AvgIpc) is 2.88. The number of nitrogens with one attached hydrogen (secondary N) is 2. The lowest BCUT2D eigenvalue weighted by Crippen LogP contribution is -2.21. The summed E-state index contributed by atoms with van der Waals surface area (Å²) in [5.74, 6) is -0.918. The third-order valence-corrected chi connectivity index (χ3v) is 6.99. The van der Waals surface area contributed by atoms with Gasteiger partial charge in [-0.3, -0.25) is 9.59 Å². The molecule has 0 radical (unpaired) electrons. The van der Waals surface area contributed by atoms with Gasteiger partial charge in [-0.2, -0.15) is 13.2 Å². The van der Waals surface area contributed by atoms with Gasteiger partial charge in [0.15, 0.2) is 0 Å². The van der Waals surface area contributed by atoms with Crippen LogP contribution in [0.1, 0.15) is 32.3 Å². The Labute approximate surface area is 227 Å². The quantitative estimate of drug-likeness (QED) is 0.226. The summed E-state index contributed by atoms with van der Waals surface area (Å²) in [6.07, 6.45) is -4.70. The number of anilines is 2. The van der Waals surface area contributed by atoms with Crippen molar-refractivity contribution in [3.05, 3.63) is 124 Å². The highest BCUT2D eigenvalue weighted by Gasteiger charge is 2.35. The topological polar surface area (TPSA) is 58.2 Å². The number of amides is 2. The van der Waals surface area contributed by atoms with Crippen LogP contribution in [0.3, 0.4) is 0 Å². The summed E-state index contributed by atoms with van der Waals surface area (Å²) in [5, 5.41) is 4.31. The molecule has 0 aliphatic carbocycles. The van der Waals surface area contributed by atoms with E-state index in [1.807, 2.05) is 13.0 Å². The van der Waals surface area contributed by atoms with E-state index in [0.717, 1.165) is 29.5 Å². The predicted octanol–water partition coefficient (Wildman–Crippen LogP) is 8.39. The van der Waals surface area contributed by atoms with Gasteiger partial charge in [0.2, 0.25) is 5.91 Å². The monoisotopic (exact) mass is 554 g/mol. The molecular weight excluding hydrogens is 533 g/mol. The first-order valence-corrected chi connectivity index (χ1v) is 12.7. The summed E-state index contributed by atoms with van der Waals surface area (Å²) < 4.78 is 40.8. The Morgan fingerprint density at radius 3 is 2.29 bits per heavy atom. The molecule has 194 valence electrons. The first-order chi connectivity index (χ1) is 18.1. The standard InChI is InChI=1S/C29H22ClF3N2O2S/c1-18-7-5-10-20(15-18)27(36)34-22-11-6-12-23(17-22)38-26(19-8-3-2-4-9-19)28(37)35-25-14-13-21(30)16-24(25)29(31,32)33/h2-17,26H,1H3,(H,34,36)(H,35,37). The van der Waals surface area contributed by atoms with Gasteiger partial charge in [-0.05, 0) is 61.0 Å². The summed E-state index contributed by atoms with van der Waals surface area (Å²) in [5.41, 5.74) is 1.17. The number of hydrogen-bond acceptors (Lipinski definition) is 3. The number of thioether (sulfide) groups is 1. The zero-order valence-corrected chi connectivity index (χ0v) is 21.6. The first kappa shape index (κ1) is 27.3. The van der Waals surface area contributed by atoms with Crippen LogP contribution in [0.5, 0.6) is 0 Å². The molecule has 2 amide bonds. The highest BCUT2D eigenvalue weighted by molar-refractivity contribution is 8.00. The van der Waals surface area contributed by atoms with Crippen LogP contribution in [0.25, 0.3) is 0 Å². The van der Waals surface area contributed by atoms with Crippen LogP contribution < -0.4 is 10.6 Å². The summed E-state index contributed by atoms with van der Waals surface area (Å²) in [6, 6.07) is 26.0. The fraction of sp³-hybridized carbons (Fsp3) is 0.103. The van der Waals surface area contributed by atoms with Crippen molar-refractivity contribution >= 4 is 46.6 Å². The van der Waals surface area contributed by atoms with Crippen LogP contribution in [0, 0.1) is 6.92 Å². The van der Waals surface area contributed by atoms with Crippen LogP contribution >= 0.6 is 23.4 Å². The highest BCUT2D eigenvalue weighted by atomic mass is 35.5. The van der Waals surface area contributed by atoms with Gasteiger partial charge >= 0.3 is 6.18 Å². The van der Waals surface area contributed by atoms with E-state index in [1.54, 1.807) is 72.8 Å². The predicted molar refractivity (Wildman–Crippen MR) is 146 cm³/mol. The van der Waals surface area contributed by atoms with E-state index in [0.29, 0.717) is 21.7 Å². The van der Waals surface area contributed by atoms with Gasteiger partial charge in [0.05, 0.1) is 11.3 Å². The molecule has 0 aliphatic rings. The van der Waals surface area contributed by atoms with Crippen molar-refractivity contribution in [2.24, 2.45) is 0 Å². The van der Waals surface area contributed by atoms with Crippen molar-refractivity contribution in [1.29, 1.82) is 0 Å². The number of rotatable bonds is 7. The molecule has 0 saturated heterocycles. The molecule has 0 heterocycles. The molecule has 0 saturated carbocycles. The zero-order valence-electron chi connectivity index (χ0n) is 20.1. The molecule has 9 heteroatoms. The Bertz CT molecular complexity index is 1460. The maximum atomic E-state index is 13.6. The van der Waals surface area contributed by atoms with Crippen LogP contribution in [0.2, 0.25) is 5.02 Å². The molecule has 4 aromatic carbocycles. The second kappa shape index (κ2) is 11.8. The van der Waals surface area contributed by atoms with Crippen LogP contribution in [-0.2, 0) is 11.0 Å². The minimum atomic E-state index is -4.70. The Morgan fingerprint density at radius 1 is 0.842 bits per heavy atom. The summed E-state index contributed by atoms with van der Waals surface area (Å²) in [4.78, 5) is 26.7. The van der Waals surface area contributed by atoms with Gasteiger partial charge in [0, 0.05) is 21.2 Å². The third-order valence-electron chi connectivity index (χ3n) is 5.51. The van der Waals surface area contributed by atoms with E-state index >= 15 is 0 Å². The zero-order chi connectivity index (χ0) is 27.3. The molecule has 1 unspecified atom stereocenters. The summed E-state index contributed by atoms with van der Waals surface area (Å²) in [7, 11) is 0. The lowest BCUT2D eigenvalue weighted by molar-refractivity contribution is -0.137. The molecule has 1 atom stereocenters. The van der Waals surface area contributed by atoms with Gasteiger partial charge in [-0.15, -0.1) is 11.8 Å². The lowest BCUT2D eigenvalue weighted by Gasteiger charge is -2.20. The van der Waals surface area contributed by atoms with Crippen LogP contribution in [0.4, 0.5) is 24.5 Å². The first-order valence-electron chi connectivity index (χ1n) is 11.5. The second-order valence-electron chi connectivity index (χ2n) is 8.44. The van der Waals surface area contributed by atoms with Gasteiger partial charge in [0.1, 0.15) is 5.25 Å². The van der Waals surface area contributed by atoms with E-state index < -0.39 is 22.9 Å². The number of alkyl halides is 3. The Balaban J connectivity index is 1.59. The molecule has 0 spiro atoms. The summed E-state index contributed by atoms with van der Waals surface area (Å²) >= 11 is 6.93. The Kier molecular flexibility index (Phi) is 8.44. The van der Waals surface area contributed by atoms with E-state index in [4.69, 9.17) is 11.6 Å². The molecular formula is C29H22ClF3N2O2S. The number of hydrogen-bond donors (Lipinski definition) is 2. The van der Waals surface area contributed by atoms with Gasteiger partial charge < -0.3 is 10.6 Å².